The Balaban J connectivity index is 2.11. The van der Waals surface area contributed by atoms with Gasteiger partial charge in [0.2, 0.25) is 0 Å². The zero-order valence-corrected chi connectivity index (χ0v) is 13.6. The van der Waals surface area contributed by atoms with E-state index >= 15 is 0 Å². The molecule has 0 aliphatic carbocycles. The molecule has 0 saturated heterocycles. The summed E-state index contributed by atoms with van der Waals surface area (Å²) in [5, 5.41) is 3.44. The lowest BCUT2D eigenvalue weighted by atomic mass is 10.0. The van der Waals surface area contributed by atoms with E-state index in [2.05, 4.69) is 86.6 Å². The highest BCUT2D eigenvalue weighted by Gasteiger charge is 2.13. The molecule has 1 unspecified atom stereocenters. The second-order valence-corrected chi connectivity index (χ2v) is 5.68. The predicted molar refractivity (Wildman–Crippen MR) is 91.7 cm³/mol. The summed E-state index contributed by atoms with van der Waals surface area (Å²) in [6.45, 7) is 8.48. The molecule has 21 heavy (non-hydrogen) atoms. The zero-order valence-electron chi connectivity index (χ0n) is 13.6. The summed E-state index contributed by atoms with van der Waals surface area (Å²) in [4.78, 5) is 2.38. The normalized spacial score (nSPS) is 12.4. The lowest BCUT2D eigenvalue weighted by Crippen LogP contribution is -2.22. The fraction of sp³-hybridized carbons (Fsp3) is 0.368. The van der Waals surface area contributed by atoms with Crippen molar-refractivity contribution in [3.05, 3.63) is 65.2 Å². The molecule has 2 heteroatoms. The van der Waals surface area contributed by atoms with E-state index in [1.54, 1.807) is 0 Å². The first-order chi connectivity index (χ1) is 10.1. The molecule has 0 saturated carbocycles. The summed E-state index contributed by atoms with van der Waals surface area (Å²) >= 11 is 0. The maximum Gasteiger partial charge on any atom is 0.0373 e. The maximum absolute atomic E-state index is 3.44. The molecule has 1 atom stereocenters. The smallest absolute Gasteiger partial charge is 0.0373 e. The number of aryl methyl sites for hydroxylation is 1. The Kier molecular flexibility index (Phi) is 5.40. The molecule has 0 heterocycles. The first-order valence-corrected chi connectivity index (χ1v) is 7.70. The van der Waals surface area contributed by atoms with Gasteiger partial charge in [0, 0.05) is 24.8 Å². The van der Waals surface area contributed by atoms with Crippen molar-refractivity contribution >= 4 is 5.69 Å². The van der Waals surface area contributed by atoms with Gasteiger partial charge in [-0.1, -0.05) is 42.5 Å². The van der Waals surface area contributed by atoms with Crippen LogP contribution in [0.15, 0.2) is 48.5 Å². The summed E-state index contributed by atoms with van der Waals surface area (Å²) in [7, 11) is 2.18. The van der Waals surface area contributed by atoms with Crippen LogP contribution >= 0.6 is 0 Å². The van der Waals surface area contributed by atoms with Crippen LogP contribution in [-0.4, -0.2) is 18.5 Å². The van der Waals surface area contributed by atoms with Gasteiger partial charge >= 0.3 is 0 Å². The van der Waals surface area contributed by atoms with Gasteiger partial charge in [-0.25, -0.2) is 0 Å². The lowest BCUT2D eigenvalue weighted by Gasteiger charge is -2.26. The molecule has 1 N–H and O–H groups in total. The summed E-state index contributed by atoms with van der Waals surface area (Å²) in [6, 6.07) is 17.8. The Bertz CT molecular complexity index is 563. The molecule has 112 valence electrons. The standard InChI is InChI=1S/C19H26N2/c1-5-20-19-13-18(12-11-15(19)2)16(3)21(4)14-17-9-7-6-8-10-17/h6-13,16,20H,5,14H2,1-4H3. The number of anilines is 1. The van der Waals surface area contributed by atoms with Crippen molar-refractivity contribution in [1.29, 1.82) is 0 Å². The number of nitrogens with one attached hydrogen (secondary N) is 1. The van der Waals surface area contributed by atoms with Crippen molar-refractivity contribution in [1.82, 2.24) is 4.90 Å². The SMILES string of the molecule is CCNc1cc(C(C)N(C)Cc2ccccc2)ccc1C. The maximum atomic E-state index is 3.44. The van der Waals surface area contributed by atoms with Crippen LogP contribution in [0.25, 0.3) is 0 Å². The molecular weight excluding hydrogens is 256 g/mol. The van der Waals surface area contributed by atoms with E-state index in [0.717, 1.165) is 13.1 Å². The van der Waals surface area contributed by atoms with Gasteiger partial charge in [-0.15, -0.1) is 0 Å². The summed E-state index contributed by atoms with van der Waals surface area (Å²) in [6.07, 6.45) is 0. The van der Waals surface area contributed by atoms with E-state index in [1.165, 1.54) is 22.4 Å². The van der Waals surface area contributed by atoms with Crippen LogP contribution in [0, 0.1) is 6.92 Å². The van der Waals surface area contributed by atoms with Crippen LogP contribution in [0.2, 0.25) is 0 Å². The Morgan fingerprint density at radius 1 is 1.10 bits per heavy atom. The average Bonchev–Trinajstić information content (AvgIpc) is 2.50. The van der Waals surface area contributed by atoms with E-state index < -0.39 is 0 Å². The van der Waals surface area contributed by atoms with Crippen LogP contribution in [-0.2, 0) is 6.54 Å². The first-order valence-electron chi connectivity index (χ1n) is 7.70. The molecule has 2 nitrogen and oxygen atoms in total. The highest BCUT2D eigenvalue weighted by molar-refractivity contribution is 5.53. The van der Waals surface area contributed by atoms with Gasteiger partial charge in [0.1, 0.15) is 0 Å². The molecule has 0 radical (unpaired) electrons. The average molecular weight is 282 g/mol. The fourth-order valence-electron chi connectivity index (χ4n) is 2.54. The first kappa shape index (κ1) is 15.6. The molecular formula is C19H26N2. The molecule has 0 fully saturated rings. The van der Waals surface area contributed by atoms with E-state index in [1.807, 2.05) is 0 Å². The largest absolute Gasteiger partial charge is 0.385 e. The minimum Gasteiger partial charge on any atom is -0.385 e. The van der Waals surface area contributed by atoms with Crippen molar-refractivity contribution in [2.75, 3.05) is 18.9 Å². The molecule has 0 aliphatic rings. The monoisotopic (exact) mass is 282 g/mol. The molecule has 0 bridgehead atoms. The molecule has 0 aliphatic heterocycles. The van der Waals surface area contributed by atoms with Gasteiger partial charge in [-0.2, -0.15) is 0 Å². The zero-order chi connectivity index (χ0) is 15.2. The van der Waals surface area contributed by atoms with E-state index in [-0.39, 0.29) is 0 Å². The van der Waals surface area contributed by atoms with Gasteiger partial charge in [0.25, 0.3) is 0 Å². The van der Waals surface area contributed by atoms with E-state index in [0.29, 0.717) is 6.04 Å². The predicted octanol–water partition coefficient (Wildman–Crippen LogP) is 4.62. The van der Waals surface area contributed by atoms with Gasteiger partial charge in [0.05, 0.1) is 0 Å². The minimum absolute atomic E-state index is 0.392. The Hall–Kier alpha value is -1.80. The number of hydrogen-bond donors (Lipinski definition) is 1. The second-order valence-electron chi connectivity index (χ2n) is 5.68. The molecule has 2 aromatic carbocycles. The number of rotatable bonds is 6. The fourth-order valence-corrected chi connectivity index (χ4v) is 2.54. The third-order valence-corrected chi connectivity index (χ3v) is 4.05. The van der Waals surface area contributed by atoms with Crippen LogP contribution < -0.4 is 5.32 Å². The van der Waals surface area contributed by atoms with Crippen LogP contribution in [0.4, 0.5) is 5.69 Å². The quantitative estimate of drug-likeness (QED) is 0.831. The second kappa shape index (κ2) is 7.28. The Labute approximate surface area is 128 Å². The number of hydrogen-bond acceptors (Lipinski definition) is 2. The van der Waals surface area contributed by atoms with Gasteiger partial charge in [-0.3, -0.25) is 4.90 Å². The topological polar surface area (TPSA) is 15.3 Å². The summed E-state index contributed by atoms with van der Waals surface area (Å²) in [5.74, 6) is 0. The van der Waals surface area contributed by atoms with E-state index in [9.17, 15) is 0 Å². The summed E-state index contributed by atoms with van der Waals surface area (Å²) < 4.78 is 0. The van der Waals surface area contributed by atoms with Crippen molar-refractivity contribution < 1.29 is 0 Å². The Morgan fingerprint density at radius 3 is 2.48 bits per heavy atom. The Morgan fingerprint density at radius 2 is 1.81 bits per heavy atom. The highest BCUT2D eigenvalue weighted by Crippen LogP contribution is 2.25. The number of benzene rings is 2. The van der Waals surface area contributed by atoms with Crippen LogP contribution in [0.5, 0.6) is 0 Å². The highest BCUT2D eigenvalue weighted by atomic mass is 15.1. The molecule has 2 rings (SSSR count). The van der Waals surface area contributed by atoms with Crippen molar-refractivity contribution in [2.45, 2.75) is 33.4 Å². The van der Waals surface area contributed by atoms with Crippen LogP contribution in [0.3, 0.4) is 0 Å². The molecule has 0 aromatic heterocycles. The van der Waals surface area contributed by atoms with Crippen molar-refractivity contribution in [3.8, 4) is 0 Å². The third kappa shape index (κ3) is 4.08. The molecule has 0 amide bonds. The van der Waals surface area contributed by atoms with E-state index in [4.69, 9.17) is 0 Å². The molecule has 0 spiro atoms. The van der Waals surface area contributed by atoms with Gasteiger partial charge in [0.15, 0.2) is 0 Å². The van der Waals surface area contributed by atoms with Crippen molar-refractivity contribution in [3.63, 3.8) is 0 Å². The van der Waals surface area contributed by atoms with Crippen molar-refractivity contribution in [2.24, 2.45) is 0 Å². The van der Waals surface area contributed by atoms with Gasteiger partial charge < -0.3 is 5.32 Å². The lowest BCUT2D eigenvalue weighted by molar-refractivity contribution is 0.253. The third-order valence-electron chi connectivity index (χ3n) is 4.05. The molecule has 2 aromatic rings. The van der Waals surface area contributed by atoms with Gasteiger partial charge in [-0.05, 0) is 50.6 Å². The minimum atomic E-state index is 0.392. The van der Waals surface area contributed by atoms with Crippen LogP contribution in [0.1, 0.15) is 36.6 Å². The number of nitrogens with zero attached hydrogens (tertiary/aromatic N) is 1. The summed E-state index contributed by atoms with van der Waals surface area (Å²) in [5.41, 5.74) is 5.26.